The average molecular weight is 308 g/mol. The molecule has 0 bridgehead atoms. The molecule has 0 fully saturated rings. The molecular formula is C11H20N2O4S2. The number of hydrogen-bond donors (Lipinski definition) is 1. The fourth-order valence-electron chi connectivity index (χ4n) is 1.58. The van der Waals surface area contributed by atoms with Gasteiger partial charge in [-0.2, -0.15) is 4.31 Å². The van der Waals surface area contributed by atoms with Crippen molar-refractivity contribution in [3.63, 3.8) is 0 Å². The standard InChI is InChI=1S/C11H20N2O4S2/c1-16-6-4-13(5-7-17-2)19(14,15)11-3-8-18-10(11)9-12/h3,8H,4-7,9,12H2,1-2H3. The number of hydrogen-bond acceptors (Lipinski definition) is 6. The number of thiophene rings is 1. The van der Waals surface area contributed by atoms with Gasteiger partial charge in [-0.15, -0.1) is 11.3 Å². The zero-order chi connectivity index (χ0) is 14.3. The van der Waals surface area contributed by atoms with Gasteiger partial charge in [-0.05, 0) is 11.4 Å². The number of sulfonamides is 1. The molecule has 0 aliphatic heterocycles. The van der Waals surface area contributed by atoms with Crippen LogP contribution in [0.15, 0.2) is 16.3 Å². The molecule has 0 saturated carbocycles. The van der Waals surface area contributed by atoms with Crippen molar-refractivity contribution in [2.75, 3.05) is 40.5 Å². The second kappa shape index (κ2) is 7.93. The van der Waals surface area contributed by atoms with Crippen LogP contribution in [0.5, 0.6) is 0 Å². The van der Waals surface area contributed by atoms with Crippen LogP contribution in [0.3, 0.4) is 0 Å². The van der Waals surface area contributed by atoms with Gasteiger partial charge in [0.25, 0.3) is 0 Å². The van der Waals surface area contributed by atoms with E-state index >= 15 is 0 Å². The Bertz CT molecular complexity index is 465. The molecule has 2 N–H and O–H groups in total. The van der Waals surface area contributed by atoms with Gasteiger partial charge in [0.1, 0.15) is 0 Å². The highest BCUT2D eigenvalue weighted by Gasteiger charge is 2.26. The van der Waals surface area contributed by atoms with Crippen molar-refractivity contribution < 1.29 is 17.9 Å². The minimum absolute atomic E-state index is 0.217. The predicted octanol–water partition coefficient (Wildman–Crippen LogP) is 0.490. The fourth-order valence-corrected chi connectivity index (χ4v) is 4.30. The van der Waals surface area contributed by atoms with Crippen LogP contribution in [-0.4, -0.2) is 53.2 Å². The van der Waals surface area contributed by atoms with E-state index in [2.05, 4.69) is 0 Å². The van der Waals surface area contributed by atoms with E-state index in [0.717, 1.165) is 0 Å². The quantitative estimate of drug-likeness (QED) is 0.718. The zero-order valence-electron chi connectivity index (χ0n) is 11.2. The lowest BCUT2D eigenvalue weighted by Gasteiger charge is -2.21. The van der Waals surface area contributed by atoms with Gasteiger partial charge < -0.3 is 15.2 Å². The highest BCUT2D eigenvalue weighted by atomic mass is 32.2. The maximum atomic E-state index is 12.6. The number of nitrogens with two attached hydrogens (primary N) is 1. The van der Waals surface area contributed by atoms with E-state index in [-0.39, 0.29) is 11.4 Å². The summed E-state index contributed by atoms with van der Waals surface area (Å²) in [7, 11) is -0.464. The summed E-state index contributed by atoms with van der Waals surface area (Å²) in [4.78, 5) is 0.951. The van der Waals surface area contributed by atoms with Gasteiger partial charge in [-0.25, -0.2) is 8.42 Å². The third kappa shape index (κ3) is 4.23. The molecule has 19 heavy (non-hydrogen) atoms. The van der Waals surface area contributed by atoms with Crippen LogP contribution in [-0.2, 0) is 26.0 Å². The molecular weight excluding hydrogens is 288 g/mol. The van der Waals surface area contributed by atoms with Gasteiger partial charge in [0, 0.05) is 38.7 Å². The van der Waals surface area contributed by atoms with E-state index in [1.54, 1.807) is 11.4 Å². The van der Waals surface area contributed by atoms with E-state index in [1.165, 1.54) is 29.9 Å². The van der Waals surface area contributed by atoms with Crippen molar-refractivity contribution in [3.8, 4) is 0 Å². The smallest absolute Gasteiger partial charge is 0.244 e. The van der Waals surface area contributed by atoms with E-state index in [0.29, 0.717) is 31.2 Å². The maximum absolute atomic E-state index is 12.6. The third-order valence-corrected chi connectivity index (χ3v) is 5.65. The summed E-state index contributed by atoms with van der Waals surface area (Å²) in [6, 6.07) is 1.59. The van der Waals surface area contributed by atoms with Crippen molar-refractivity contribution in [1.29, 1.82) is 0 Å². The molecule has 110 valence electrons. The van der Waals surface area contributed by atoms with Gasteiger partial charge in [0.15, 0.2) is 0 Å². The van der Waals surface area contributed by atoms with Crippen molar-refractivity contribution in [2.24, 2.45) is 5.73 Å². The van der Waals surface area contributed by atoms with Crippen LogP contribution >= 0.6 is 11.3 Å². The van der Waals surface area contributed by atoms with Crippen LogP contribution < -0.4 is 5.73 Å². The van der Waals surface area contributed by atoms with Crippen LogP contribution in [0, 0.1) is 0 Å². The Balaban J connectivity index is 2.97. The third-order valence-electron chi connectivity index (χ3n) is 2.60. The highest BCUT2D eigenvalue weighted by Crippen LogP contribution is 2.24. The summed E-state index contributed by atoms with van der Waals surface area (Å²) in [5, 5.41) is 1.74. The summed E-state index contributed by atoms with van der Waals surface area (Å²) in [5.74, 6) is 0. The van der Waals surface area contributed by atoms with E-state index in [4.69, 9.17) is 15.2 Å². The summed E-state index contributed by atoms with van der Waals surface area (Å²) in [6.45, 7) is 1.48. The van der Waals surface area contributed by atoms with Crippen LogP contribution in [0.4, 0.5) is 0 Å². The molecule has 1 aromatic rings. The summed E-state index contributed by atoms with van der Waals surface area (Å²) in [6.07, 6.45) is 0. The normalized spacial score (nSPS) is 12.2. The molecule has 1 rings (SSSR count). The minimum Gasteiger partial charge on any atom is -0.383 e. The van der Waals surface area contributed by atoms with E-state index < -0.39 is 10.0 Å². The molecule has 8 heteroatoms. The van der Waals surface area contributed by atoms with E-state index in [9.17, 15) is 8.42 Å². The molecule has 6 nitrogen and oxygen atoms in total. The molecule has 0 aliphatic carbocycles. The Labute approximate surface area is 118 Å². The Morgan fingerprint density at radius 1 is 1.26 bits per heavy atom. The molecule has 0 spiro atoms. The lowest BCUT2D eigenvalue weighted by molar-refractivity contribution is 0.150. The first-order chi connectivity index (χ1) is 9.07. The van der Waals surface area contributed by atoms with Gasteiger partial charge in [0.2, 0.25) is 10.0 Å². The minimum atomic E-state index is -3.54. The molecule has 0 unspecified atom stereocenters. The molecule has 1 heterocycles. The van der Waals surface area contributed by atoms with Gasteiger partial charge in [0.05, 0.1) is 18.1 Å². The summed E-state index contributed by atoms with van der Waals surface area (Å²) in [5.41, 5.74) is 5.57. The van der Waals surface area contributed by atoms with Crippen LogP contribution in [0.2, 0.25) is 0 Å². The molecule has 0 aliphatic rings. The number of methoxy groups -OCH3 is 2. The lowest BCUT2D eigenvalue weighted by Crippen LogP contribution is -2.36. The van der Waals surface area contributed by atoms with Crippen LogP contribution in [0.1, 0.15) is 4.88 Å². The van der Waals surface area contributed by atoms with Crippen molar-refractivity contribution in [3.05, 3.63) is 16.3 Å². The van der Waals surface area contributed by atoms with Crippen molar-refractivity contribution in [1.82, 2.24) is 4.31 Å². The van der Waals surface area contributed by atoms with Crippen LogP contribution in [0.25, 0.3) is 0 Å². The average Bonchev–Trinajstić information content (AvgIpc) is 2.87. The molecule has 1 aromatic heterocycles. The fraction of sp³-hybridized carbons (Fsp3) is 0.636. The Hall–Kier alpha value is -0.510. The maximum Gasteiger partial charge on any atom is 0.244 e. The lowest BCUT2D eigenvalue weighted by atomic mass is 10.5. The molecule has 0 aromatic carbocycles. The Kier molecular flexibility index (Phi) is 6.90. The van der Waals surface area contributed by atoms with Gasteiger partial charge in [-0.3, -0.25) is 0 Å². The molecule has 0 amide bonds. The predicted molar refractivity (Wildman–Crippen MR) is 74.7 cm³/mol. The second-order valence-corrected chi connectivity index (χ2v) is 6.71. The molecule has 0 radical (unpaired) electrons. The second-order valence-electron chi connectivity index (χ2n) is 3.80. The Morgan fingerprint density at radius 3 is 2.32 bits per heavy atom. The first kappa shape index (κ1) is 16.5. The summed E-state index contributed by atoms with van der Waals surface area (Å²) < 4.78 is 36.4. The topological polar surface area (TPSA) is 81.9 Å². The molecule has 0 atom stereocenters. The Morgan fingerprint density at radius 2 is 1.84 bits per heavy atom. The monoisotopic (exact) mass is 308 g/mol. The number of ether oxygens (including phenoxy) is 2. The first-order valence-electron chi connectivity index (χ1n) is 5.82. The molecule has 0 saturated heterocycles. The summed E-state index contributed by atoms with van der Waals surface area (Å²) >= 11 is 1.35. The van der Waals surface area contributed by atoms with Crippen molar-refractivity contribution >= 4 is 21.4 Å². The van der Waals surface area contributed by atoms with Gasteiger partial charge in [-0.1, -0.05) is 0 Å². The van der Waals surface area contributed by atoms with Gasteiger partial charge >= 0.3 is 0 Å². The number of rotatable bonds is 9. The van der Waals surface area contributed by atoms with E-state index in [1.807, 2.05) is 0 Å². The first-order valence-corrected chi connectivity index (χ1v) is 8.14. The SMILES string of the molecule is COCCN(CCOC)S(=O)(=O)c1ccsc1CN. The number of nitrogens with zero attached hydrogens (tertiary/aromatic N) is 1. The largest absolute Gasteiger partial charge is 0.383 e. The highest BCUT2D eigenvalue weighted by molar-refractivity contribution is 7.89. The van der Waals surface area contributed by atoms with Crippen molar-refractivity contribution in [2.45, 2.75) is 11.4 Å². The zero-order valence-corrected chi connectivity index (χ0v) is 12.8.